The van der Waals surface area contributed by atoms with E-state index >= 15 is 0 Å². The predicted molar refractivity (Wildman–Crippen MR) is 228 cm³/mol. The van der Waals surface area contributed by atoms with E-state index in [1.165, 1.54) is 23.5 Å². The van der Waals surface area contributed by atoms with Crippen LogP contribution in [-0.2, 0) is 38.0 Å². The fourth-order valence-corrected chi connectivity index (χ4v) is 10.1. The molecule has 18 nitrogen and oxygen atoms in total. The molecule has 5 aliphatic rings. The second-order valence-electron chi connectivity index (χ2n) is 15.3. The number of aliphatic hydroxyl groups excluding tert-OH is 2. The second kappa shape index (κ2) is 21.8. The lowest BCUT2D eigenvalue weighted by Gasteiger charge is -2.27. The van der Waals surface area contributed by atoms with E-state index in [4.69, 9.17) is 56.7 Å². The standard InChI is InChI=1S/C20H29ClN4O5S.C18H27ClN4O5S/c1-2-9-31-19-24-17(21)14(22-11-27)18(25-19)23-12-10-13(28-8-7-26)16-15(12)29-20(30-16)5-3-4-6-20;1-4-7-29-17-22-15(19)12(20-9-25)16(23-17)21-10-8-11(26-6-5-24)14-13(10)27-18(2,3)28-14/h11-13,15-16,26H,2-10H2,1H3,(H,22,27)(H,23,24,25);9-11,13-14,24H,4-8H2,1-3H3,(H,20,25)(H,21,22,23)/t12-,13+,15+,16-;10-,11+,13+,14-/m11/s1. The van der Waals surface area contributed by atoms with Crippen LogP contribution in [0.1, 0.15) is 79.1 Å². The third-order valence-corrected chi connectivity index (χ3v) is 13.2. The van der Waals surface area contributed by atoms with Gasteiger partial charge >= 0.3 is 0 Å². The van der Waals surface area contributed by atoms with Crippen molar-refractivity contribution in [3.8, 4) is 0 Å². The molecule has 0 aromatic carbocycles. The summed E-state index contributed by atoms with van der Waals surface area (Å²) in [5.74, 6) is 1.30. The normalized spacial score (nSPS) is 28.2. The lowest BCUT2D eigenvalue weighted by molar-refractivity contribution is -0.187. The summed E-state index contributed by atoms with van der Waals surface area (Å²) in [6.45, 7) is 8.20. The first-order chi connectivity index (χ1) is 29.0. The fourth-order valence-electron chi connectivity index (χ4n) is 8.15. The number of amides is 2. The predicted octanol–water partition coefficient (Wildman–Crippen LogP) is 5.10. The second-order valence-corrected chi connectivity index (χ2v) is 18.2. The Morgan fingerprint density at radius 2 is 1.15 bits per heavy atom. The minimum atomic E-state index is -0.744. The average Bonchev–Trinajstić information content (AvgIpc) is 4.04. The number of halogens is 2. The molecular weight excluding hydrogens is 864 g/mol. The molecule has 0 bridgehead atoms. The highest BCUT2D eigenvalue weighted by atomic mass is 35.5. The molecule has 4 heterocycles. The fraction of sp³-hybridized carbons (Fsp3) is 0.737. The number of rotatable bonds is 20. The molecule has 5 fully saturated rings. The van der Waals surface area contributed by atoms with Crippen LogP contribution in [0.25, 0.3) is 0 Å². The van der Waals surface area contributed by atoms with Gasteiger partial charge in [-0.15, -0.1) is 0 Å². The van der Waals surface area contributed by atoms with Gasteiger partial charge in [-0.05, 0) is 52.4 Å². The van der Waals surface area contributed by atoms with Gasteiger partial charge in [-0.1, -0.05) is 60.6 Å². The Balaban J connectivity index is 0.000000202. The third-order valence-electron chi connectivity index (χ3n) is 10.5. The summed E-state index contributed by atoms with van der Waals surface area (Å²) in [6, 6.07) is -0.344. The van der Waals surface area contributed by atoms with Crippen molar-refractivity contribution in [2.45, 2.75) is 150 Å². The molecule has 3 saturated carbocycles. The maximum atomic E-state index is 11.1. The first kappa shape index (κ1) is 47.1. The Kier molecular flexibility index (Phi) is 17.2. The molecule has 60 heavy (non-hydrogen) atoms. The molecule has 0 radical (unpaired) electrons. The summed E-state index contributed by atoms with van der Waals surface area (Å²) >= 11 is 15.6. The number of fused-ring (bicyclic) bond motifs is 2. The first-order valence-corrected chi connectivity index (χ1v) is 23.2. The van der Waals surface area contributed by atoms with E-state index in [9.17, 15) is 14.7 Å². The van der Waals surface area contributed by atoms with Crippen molar-refractivity contribution in [2.75, 3.05) is 59.2 Å². The van der Waals surface area contributed by atoms with Crippen LogP contribution >= 0.6 is 46.7 Å². The minimum Gasteiger partial charge on any atom is -0.394 e. The molecule has 2 aliphatic heterocycles. The highest BCUT2D eigenvalue weighted by Crippen LogP contribution is 2.48. The zero-order valence-corrected chi connectivity index (χ0v) is 37.3. The van der Waals surface area contributed by atoms with Crippen LogP contribution < -0.4 is 21.3 Å². The third kappa shape index (κ3) is 11.4. The number of anilines is 4. The van der Waals surface area contributed by atoms with Crippen molar-refractivity contribution in [1.29, 1.82) is 0 Å². The monoisotopic (exact) mass is 918 g/mol. The number of thioether (sulfide) groups is 2. The molecule has 8 atom stereocenters. The van der Waals surface area contributed by atoms with E-state index in [0.29, 0.717) is 59.0 Å². The number of ether oxygens (including phenoxy) is 6. The lowest BCUT2D eigenvalue weighted by Crippen LogP contribution is -2.35. The van der Waals surface area contributed by atoms with E-state index < -0.39 is 11.6 Å². The molecule has 2 saturated heterocycles. The Morgan fingerprint density at radius 1 is 0.717 bits per heavy atom. The summed E-state index contributed by atoms with van der Waals surface area (Å²) in [4.78, 5) is 39.9. The van der Waals surface area contributed by atoms with E-state index in [-0.39, 0.29) is 85.4 Å². The molecule has 334 valence electrons. The topological polar surface area (TPSA) is 230 Å². The molecule has 1 spiro atoms. The Morgan fingerprint density at radius 3 is 1.60 bits per heavy atom. The van der Waals surface area contributed by atoms with Crippen molar-refractivity contribution in [2.24, 2.45) is 0 Å². The largest absolute Gasteiger partial charge is 0.394 e. The number of nitrogens with zero attached hydrogens (tertiary/aromatic N) is 4. The molecule has 7 rings (SSSR count). The SMILES string of the molecule is CCCSc1nc(Cl)c(NC=O)c(N[C@@H]2C[C@H](OCCO)[C@H]3OC(C)(C)O[C@H]32)n1.CCCSc1nc(Cl)c(NC=O)c(N[C@@H]2C[C@H](OCCO)[C@H]3OC4(CCCC4)O[C@H]32)n1. The number of nitrogens with one attached hydrogen (secondary N) is 4. The number of carbonyl (C=O) groups excluding carboxylic acids is 2. The van der Waals surface area contributed by atoms with Gasteiger partial charge in [-0.3, -0.25) is 9.59 Å². The van der Waals surface area contributed by atoms with E-state index in [0.717, 1.165) is 50.0 Å². The number of aromatic nitrogens is 4. The van der Waals surface area contributed by atoms with E-state index in [1.54, 1.807) is 0 Å². The van der Waals surface area contributed by atoms with Gasteiger partial charge in [-0.2, -0.15) is 0 Å². The Labute approximate surface area is 368 Å². The van der Waals surface area contributed by atoms with Gasteiger partial charge in [0.1, 0.15) is 35.8 Å². The molecule has 6 N–H and O–H groups in total. The summed E-state index contributed by atoms with van der Waals surface area (Å²) in [7, 11) is 0. The lowest BCUT2D eigenvalue weighted by atomic mass is 10.2. The van der Waals surface area contributed by atoms with Crippen LogP contribution in [0.4, 0.5) is 23.0 Å². The van der Waals surface area contributed by atoms with Gasteiger partial charge in [0.2, 0.25) is 12.8 Å². The number of carbonyl (C=O) groups is 2. The van der Waals surface area contributed by atoms with Crippen LogP contribution in [0.5, 0.6) is 0 Å². The van der Waals surface area contributed by atoms with Gasteiger partial charge in [0, 0.05) is 24.3 Å². The Bertz CT molecular complexity index is 1750. The Hall–Kier alpha value is -2.34. The van der Waals surface area contributed by atoms with Gasteiger partial charge in [0.25, 0.3) is 0 Å². The molecule has 2 aromatic rings. The van der Waals surface area contributed by atoms with Crippen molar-refractivity contribution < 1.29 is 48.2 Å². The van der Waals surface area contributed by atoms with Gasteiger partial charge < -0.3 is 59.9 Å². The highest BCUT2D eigenvalue weighted by Gasteiger charge is 2.59. The molecular formula is C38H56Cl2N8O10S2. The first-order valence-electron chi connectivity index (χ1n) is 20.5. The quantitative estimate of drug-likeness (QED) is 0.0439. The minimum absolute atomic E-state index is 0.0507. The summed E-state index contributed by atoms with van der Waals surface area (Å²) in [6.07, 6.45) is 6.69. The molecule has 22 heteroatoms. The smallest absolute Gasteiger partial charge is 0.211 e. The van der Waals surface area contributed by atoms with Crippen molar-refractivity contribution >= 4 is 82.6 Å². The molecule has 3 aliphatic carbocycles. The van der Waals surface area contributed by atoms with Crippen LogP contribution in [0.15, 0.2) is 10.3 Å². The summed E-state index contributed by atoms with van der Waals surface area (Å²) < 4.78 is 36.6. The van der Waals surface area contributed by atoms with Crippen molar-refractivity contribution in [3.63, 3.8) is 0 Å². The van der Waals surface area contributed by atoms with Crippen molar-refractivity contribution in [1.82, 2.24) is 19.9 Å². The highest BCUT2D eigenvalue weighted by molar-refractivity contribution is 7.99. The maximum absolute atomic E-state index is 11.1. The average molecular weight is 920 g/mol. The van der Waals surface area contributed by atoms with Crippen LogP contribution in [0.3, 0.4) is 0 Å². The van der Waals surface area contributed by atoms with E-state index in [1.807, 2.05) is 13.8 Å². The summed E-state index contributed by atoms with van der Waals surface area (Å²) in [5.41, 5.74) is 0.653. The number of hydrogen-bond donors (Lipinski definition) is 6. The maximum Gasteiger partial charge on any atom is 0.211 e. The number of aliphatic hydroxyl groups is 2. The zero-order chi connectivity index (χ0) is 42.9. The van der Waals surface area contributed by atoms with Crippen LogP contribution in [-0.4, -0.2) is 141 Å². The van der Waals surface area contributed by atoms with Gasteiger partial charge in [0.05, 0.1) is 50.7 Å². The molecule has 0 unspecified atom stereocenters. The van der Waals surface area contributed by atoms with Crippen LogP contribution in [0, 0.1) is 0 Å². The molecule has 2 amide bonds. The summed E-state index contributed by atoms with van der Waals surface area (Å²) in [5, 5.41) is 31.7. The number of hydrogen-bond acceptors (Lipinski definition) is 18. The van der Waals surface area contributed by atoms with Gasteiger partial charge in [-0.25, -0.2) is 19.9 Å². The van der Waals surface area contributed by atoms with Gasteiger partial charge in [0.15, 0.2) is 43.8 Å². The van der Waals surface area contributed by atoms with E-state index in [2.05, 4.69) is 55.1 Å². The van der Waals surface area contributed by atoms with Crippen LogP contribution in [0.2, 0.25) is 10.3 Å². The van der Waals surface area contributed by atoms with Crippen molar-refractivity contribution in [3.05, 3.63) is 10.3 Å². The molecule has 2 aromatic heterocycles. The zero-order valence-electron chi connectivity index (χ0n) is 34.2.